The number of para-hydroxylation sites is 1. The van der Waals surface area contributed by atoms with Crippen LogP contribution in [-0.2, 0) is 14.9 Å². The van der Waals surface area contributed by atoms with Crippen LogP contribution in [0.1, 0.15) is 44.9 Å². The molecule has 4 saturated carbocycles. The van der Waals surface area contributed by atoms with Gasteiger partial charge in [0.25, 0.3) is 10.2 Å². The van der Waals surface area contributed by atoms with Crippen LogP contribution in [0.4, 0.5) is 5.69 Å². The van der Waals surface area contributed by atoms with Crippen molar-refractivity contribution >= 4 is 15.9 Å². The first-order valence-electron chi connectivity index (χ1n) is 9.48. The van der Waals surface area contributed by atoms with Crippen LogP contribution in [0.3, 0.4) is 0 Å². The summed E-state index contributed by atoms with van der Waals surface area (Å²) in [7, 11) is -3.52. The lowest BCUT2D eigenvalue weighted by Gasteiger charge is -2.56. The van der Waals surface area contributed by atoms with Crippen molar-refractivity contribution in [3.63, 3.8) is 0 Å². The maximum Gasteiger partial charge on any atom is 0.299 e. The first kappa shape index (κ1) is 17.3. The largest absolute Gasteiger partial charge is 0.375 e. The summed E-state index contributed by atoms with van der Waals surface area (Å²) in [6.45, 7) is 1.04. The summed E-state index contributed by atoms with van der Waals surface area (Å²) in [4.78, 5) is 0. The van der Waals surface area contributed by atoms with Gasteiger partial charge in [-0.25, -0.2) is 0 Å². The van der Waals surface area contributed by atoms with E-state index in [1.54, 1.807) is 24.3 Å². The van der Waals surface area contributed by atoms with Crippen LogP contribution in [0, 0.1) is 17.8 Å². The highest BCUT2D eigenvalue weighted by Crippen LogP contribution is 2.57. The molecule has 4 bridgehead atoms. The predicted octanol–water partition coefficient (Wildman–Crippen LogP) is 3.31. The van der Waals surface area contributed by atoms with Crippen molar-refractivity contribution in [2.75, 3.05) is 17.9 Å². The molecule has 0 spiro atoms. The van der Waals surface area contributed by atoms with E-state index in [1.807, 2.05) is 6.07 Å². The summed E-state index contributed by atoms with van der Waals surface area (Å²) in [6.07, 6.45) is 8.60. The summed E-state index contributed by atoms with van der Waals surface area (Å²) in [5, 5.41) is 0. The zero-order valence-electron chi connectivity index (χ0n) is 14.6. The Kier molecular flexibility index (Phi) is 4.77. The SMILES string of the molecule is O=S(=O)(NCCCOC12CC3CC(CC(C3)C1)C2)Nc1ccccc1. The Morgan fingerprint density at radius 2 is 1.60 bits per heavy atom. The molecule has 0 radical (unpaired) electrons. The van der Waals surface area contributed by atoms with Crippen LogP contribution in [0.15, 0.2) is 30.3 Å². The molecule has 0 aliphatic heterocycles. The Bertz CT molecular complexity index is 655. The molecule has 4 aliphatic rings. The van der Waals surface area contributed by atoms with E-state index in [2.05, 4.69) is 9.44 Å². The molecule has 5 nitrogen and oxygen atoms in total. The van der Waals surface area contributed by atoms with Crippen molar-refractivity contribution in [2.24, 2.45) is 17.8 Å². The summed E-state index contributed by atoms with van der Waals surface area (Å²) >= 11 is 0. The van der Waals surface area contributed by atoms with Gasteiger partial charge in [0, 0.05) is 18.8 Å². The lowest BCUT2D eigenvalue weighted by atomic mass is 9.54. The fraction of sp³-hybridized carbons (Fsp3) is 0.684. The molecular weight excluding hydrogens is 336 g/mol. The Labute approximate surface area is 150 Å². The van der Waals surface area contributed by atoms with E-state index in [4.69, 9.17) is 4.74 Å². The van der Waals surface area contributed by atoms with Gasteiger partial charge in [0.1, 0.15) is 0 Å². The van der Waals surface area contributed by atoms with Crippen molar-refractivity contribution in [3.05, 3.63) is 30.3 Å². The highest BCUT2D eigenvalue weighted by Gasteiger charge is 2.51. The topological polar surface area (TPSA) is 67.4 Å². The van der Waals surface area contributed by atoms with E-state index in [-0.39, 0.29) is 5.60 Å². The molecule has 0 unspecified atom stereocenters. The maximum atomic E-state index is 12.0. The number of nitrogens with one attached hydrogen (secondary N) is 2. The fourth-order valence-corrected chi connectivity index (χ4v) is 6.40. The van der Waals surface area contributed by atoms with Gasteiger partial charge < -0.3 is 4.74 Å². The second-order valence-electron chi connectivity index (χ2n) is 8.17. The van der Waals surface area contributed by atoms with Crippen LogP contribution in [0.5, 0.6) is 0 Å². The summed E-state index contributed by atoms with van der Waals surface area (Å²) < 4.78 is 35.5. The molecular formula is C19H28N2O3S. The zero-order valence-corrected chi connectivity index (χ0v) is 15.4. The van der Waals surface area contributed by atoms with Gasteiger partial charge in [0.05, 0.1) is 5.60 Å². The minimum atomic E-state index is -3.52. The minimum absolute atomic E-state index is 0.107. The summed E-state index contributed by atoms with van der Waals surface area (Å²) in [5.74, 6) is 2.62. The maximum absolute atomic E-state index is 12.0. The summed E-state index contributed by atoms with van der Waals surface area (Å²) in [6, 6.07) is 8.92. The fourth-order valence-electron chi connectivity index (χ4n) is 5.47. The first-order chi connectivity index (χ1) is 12.0. The molecule has 5 rings (SSSR count). The van der Waals surface area contributed by atoms with E-state index >= 15 is 0 Å². The smallest absolute Gasteiger partial charge is 0.299 e. The summed E-state index contributed by atoms with van der Waals surface area (Å²) in [5.41, 5.74) is 0.676. The van der Waals surface area contributed by atoms with E-state index in [0.717, 1.165) is 17.8 Å². The molecule has 6 heteroatoms. The number of hydrogen-bond donors (Lipinski definition) is 2. The van der Waals surface area contributed by atoms with Gasteiger partial charge in [-0.05, 0) is 74.8 Å². The van der Waals surface area contributed by atoms with Crippen LogP contribution in [0.2, 0.25) is 0 Å². The van der Waals surface area contributed by atoms with Crippen molar-refractivity contribution in [2.45, 2.75) is 50.5 Å². The standard InChI is InChI=1S/C19H28N2O3S/c22-25(23,21-18-5-2-1-3-6-18)20-7-4-8-24-19-12-15-9-16(13-19)11-17(10-15)14-19/h1-3,5-6,15-17,20-21H,4,7-14H2. The molecule has 0 heterocycles. The normalized spacial score (nSPS) is 33.5. The Balaban J connectivity index is 1.20. The second kappa shape index (κ2) is 6.89. The van der Waals surface area contributed by atoms with Gasteiger partial charge in [0.2, 0.25) is 0 Å². The average Bonchev–Trinajstić information content (AvgIpc) is 2.53. The molecule has 25 heavy (non-hydrogen) atoms. The van der Waals surface area contributed by atoms with Crippen molar-refractivity contribution < 1.29 is 13.2 Å². The predicted molar refractivity (Wildman–Crippen MR) is 98.5 cm³/mol. The monoisotopic (exact) mass is 364 g/mol. The molecule has 0 aromatic heterocycles. The highest BCUT2D eigenvalue weighted by atomic mass is 32.2. The van der Waals surface area contributed by atoms with Gasteiger partial charge in [-0.3, -0.25) is 4.72 Å². The van der Waals surface area contributed by atoms with Crippen LogP contribution >= 0.6 is 0 Å². The quantitative estimate of drug-likeness (QED) is 0.696. The molecule has 4 fully saturated rings. The molecule has 0 saturated heterocycles. The van der Waals surface area contributed by atoms with Crippen molar-refractivity contribution in [1.29, 1.82) is 0 Å². The third kappa shape index (κ3) is 4.18. The van der Waals surface area contributed by atoms with E-state index in [9.17, 15) is 8.42 Å². The lowest BCUT2D eigenvalue weighted by molar-refractivity contribution is -0.162. The number of hydrogen-bond acceptors (Lipinski definition) is 3. The van der Waals surface area contributed by atoms with Crippen molar-refractivity contribution in [1.82, 2.24) is 4.72 Å². The Morgan fingerprint density at radius 1 is 1.00 bits per heavy atom. The van der Waals surface area contributed by atoms with E-state index in [1.165, 1.54) is 38.5 Å². The van der Waals surface area contributed by atoms with Crippen LogP contribution in [0.25, 0.3) is 0 Å². The average molecular weight is 365 g/mol. The van der Waals surface area contributed by atoms with Gasteiger partial charge in [-0.1, -0.05) is 18.2 Å². The molecule has 0 atom stereocenters. The highest BCUT2D eigenvalue weighted by molar-refractivity contribution is 7.90. The van der Waals surface area contributed by atoms with E-state index < -0.39 is 10.2 Å². The van der Waals surface area contributed by atoms with Crippen LogP contribution < -0.4 is 9.44 Å². The zero-order chi connectivity index (χ0) is 17.3. The van der Waals surface area contributed by atoms with Crippen LogP contribution in [-0.4, -0.2) is 27.2 Å². The van der Waals surface area contributed by atoms with E-state index in [0.29, 0.717) is 25.3 Å². The number of anilines is 1. The molecule has 4 aliphatic carbocycles. The number of rotatable bonds is 8. The first-order valence-corrected chi connectivity index (χ1v) is 11.0. The molecule has 0 amide bonds. The van der Waals surface area contributed by atoms with Gasteiger partial charge in [-0.15, -0.1) is 0 Å². The Morgan fingerprint density at radius 3 is 2.20 bits per heavy atom. The third-order valence-corrected chi connectivity index (χ3v) is 7.12. The van der Waals surface area contributed by atoms with Gasteiger partial charge in [-0.2, -0.15) is 13.1 Å². The third-order valence-electron chi connectivity index (χ3n) is 6.03. The lowest BCUT2D eigenvalue weighted by Crippen LogP contribution is -2.52. The molecule has 1 aromatic rings. The molecule has 2 N–H and O–H groups in total. The molecule has 138 valence electrons. The second-order valence-corrected chi connectivity index (χ2v) is 9.67. The van der Waals surface area contributed by atoms with Crippen molar-refractivity contribution in [3.8, 4) is 0 Å². The van der Waals surface area contributed by atoms with Gasteiger partial charge in [0.15, 0.2) is 0 Å². The molecule has 1 aromatic carbocycles. The number of ether oxygens (including phenoxy) is 1. The Hall–Kier alpha value is -1.11. The number of benzene rings is 1. The minimum Gasteiger partial charge on any atom is -0.375 e. The van der Waals surface area contributed by atoms with Gasteiger partial charge >= 0.3 is 0 Å².